The zero-order chi connectivity index (χ0) is 21.3. The van der Waals surface area contributed by atoms with Crippen LogP contribution in [0.3, 0.4) is 0 Å². The van der Waals surface area contributed by atoms with Gasteiger partial charge in [0.25, 0.3) is 5.91 Å². The molecule has 2 aromatic carbocycles. The molecular formula is C24H27N3O3. The van der Waals surface area contributed by atoms with Gasteiger partial charge in [-0.05, 0) is 54.1 Å². The van der Waals surface area contributed by atoms with Gasteiger partial charge in [0, 0.05) is 43.5 Å². The molecule has 2 N–H and O–H groups in total. The van der Waals surface area contributed by atoms with E-state index in [-0.39, 0.29) is 5.78 Å². The van der Waals surface area contributed by atoms with E-state index in [1.165, 1.54) is 6.08 Å². The molecule has 0 spiro atoms. The minimum atomic E-state index is -0.584. The first-order valence-electron chi connectivity index (χ1n) is 10.1. The highest BCUT2D eigenvalue weighted by atomic mass is 16.5. The molecule has 1 aliphatic rings. The van der Waals surface area contributed by atoms with Crippen LogP contribution in [0.25, 0.3) is 12.2 Å². The number of hydrogen-bond acceptors (Lipinski definition) is 5. The van der Waals surface area contributed by atoms with Crippen LogP contribution in [0.2, 0.25) is 0 Å². The van der Waals surface area contributed by atoms with Crippen molar-refractivity contribution in [2.45, 2.75) is 6.92 Å². The van der Waals surface area contributed by atoms with Crippen molar-refractivity contribution in [2.75, 3.05) is 37.6 Å². The van der Waals surface area contributed by atoms with E-state index < -0.39 is 5.91 Å². The highest BCUT2D eigenvalue weighted by Crippen LogP contribution is 2.18. The average molecular weight is 405 g/mol. The number of allylic oxidation sites excluding steroid dienone is 1. The second-order valence-corrected chi connectivity index (χ2v) is 7.14. The number of nitrogens with zero attached hydrogens (tertiary/aromatic N) is 2. The Hall–Kier alpha value is -3.22. The molecule has 1 amide bonds. The fraction of sp³-hybridized carbons (Fsp3) is 0.250. The van der Waals surface area contributed by atoms with Gasteiger partial charge in [-0.15, -0.1) is 0 Å². The molecule has 156 valence electrons. The van der Waals surface area contributed by atoms with E-state index in [2.05, 4.69) is 16.7 Å². The summed E-state index contributed by atoms with van der Waals surface area (Å²) in [5.74, 6) is -0.625. The fourth-order valence-corrected chi connectivity index (χ4v) is 3.35. The van der Waals surface area contributed by atoms with Gasteiger partial charge >= 0.3 is 0 Å². The lowest BCUT2D eigenvalue weighted by Gasteiger charge is -2.35. The summed E-state index contributed by atoms with van der Waals surface area (Å²) in [5, 5.41) is 8.48. The lowest BCUT2D eigenvalue weighted by Crippen LogP contribution is -2.46. The van der Waals surface area contributed by atoms with Crippen molar-refractivity contribution in [2.24, 2.45) is 0 Å². The first-order chi connectivity index (χ1) is 14.6. The van der Waals surface area contributed by atoms with Gasteiger partial charge in [-0.1, -0.05) is 37.3 Å². The van der Waals surface area contributed by atoms with Crippen LogP contribution in [0.5, 0.6) is 0 Å². The first kappa shape index (κ1) is 21.5. The zero-order valence-electron chi connectivity index (χ0n) is 17.1. The Bertz CT molecular complexity index is 910. The minimum Gasteiger partial charge on any atom is -0.369 e. The number of carbonyl (C=O) groups is 2. The van der Waals surface area contributed by atoms with Gasteiger partial charge in [0.2, 0.25) is 0 Å². The molecule has 0 bridgehead atoms. The number of carbonyl (C=O) groups excluding carboxylic acids is 2. The number of nitrogens with one attached hydrogen (secondary N) is 1. The molecule has 1 heterocycles. The smallest absolute Gasteiger partial charge is 0.267 e. The van der Waals surface area contributed by atoms with E-state index >= 15 is 0 Å². The molecule has 1 saturated heterocycles. The quantitative estimate of drug-likeness (QED) is 0.320. The van der Waals surface area contributed by atoms with Gasteiger partial charge < -0.3 is 9.80 Å². The Labute approximate surface area is 177 Å². The molecule has 0 radical (unpaired) electrons. The van der Waals surface area contributed by atoms with Crippen molar-refractivity contribution >= 4 is 29.5 Å². The molecule has 0 aliphatic carbocycles. The van der Waals surface area contributed by atoms with Crippen molar-refractivity contribution in [3.63, 3.8) is 0 Å². The lowest BCUT2D eigenvalue weighted by atomic mass is 10.1. The number of piperazine rings is 1. The van der Waals surface area contributed by atoms with Crippen LogP contribution in [0, 0.1) is 0 Å². The zero-order valence-corrected chi connectivity index (χ0v) is 17.1. The van der Waals surface area contributed by atoms with Crippen molar-refractivity contribution in [1.82, 2.24) is 10.4 Å². The number of ketones is 1. The molecule has 1 fully saturated rings. The summed E-state index contributed by atoms with van der Waals surface area (Å²) < 4.78 is 0. The van der Waals surface area contributed by atoms with E-state index in [1.807, 2.05) is 48.5 Å². The SMILES string of the molecule is CCN1CCN(c2ccc(C(=O)/C=C/c3ccc(/C=C/C(=O)NO)cc3)cc2)CC1. The van der Waals surface area contributed by atoms with Gasteiger partial charge in [0.15, 0.2) is 5.78 Å². The van der Waals surface area contributed by atoms with Crippen molar-refractivity contribution in [1.29, 1.82) is 0 Å². The molecule has 2 aromatic rings. The van der Waals surface area contributed by atoms with Gasteiger partial charge in [0.05, 0.1) is 0 Å². The van der Waals surface area contributed by atoms with Crippen LogP contribution in [0.4, 0.5) is 5.69 Å². The second kappa shape index (κ2) is 10.5. The third-order valence-electron chi connectivity index (χ3n) is 5.24. The van der Waals surface area contributed by atoms with Crippen LogP contribution in [0.15, 0.2) is 60.7 Å². The van der Waals surface area contributed by atoms with Crippen LogP contribution >= 0.6 is 0 Å². The first-order valence-corrected chi connectivity index (χ1v) is 10.1. The maximum Gasteiger partial charge on any atom is 0.267 e. The van der Waals surface area contributed by atoms with Crippen LogP contribution in [0.1, 0.15) is 28.4 Å². The van der Waals surface area contributed by atoms with Crippen molar-refractivity contribution in [3.8, 4) is 0 Å². The molecule has 0 aromatic heterocycles. The molecular weight excluding hydrogens is 378 g/mol. The summed E-state index contributed by atoms with van der Waals surface area (Å²) in [5.41, 5.74) is 5.07. The summed E-state index contributed by atoms with van der Waals surface area (Å²) >= 11 is 0. The predicted octanol–water partition coefficient (Wildman–Crippen LogP) is 3.24. The monoisotopic (exact) mass is 405 g/mol. The summed E-state index contributed by atoms with van der Waals surface area (Å²) in [6.07, 6.45) is 6.17. The van der Waals surface area contributed by atoms with Crippen LogP contribution in [-0.4, -0.2) is 54.5 Å². The van der Waals surface area contributed by atoms with Gasteiger partial charge in [-0.25, -0.2) is 5.48 Å². The molecule has 0 saturated carbocycles. The van der Waals surface area contributed by atoms with Crippen LogP contribution in [-0.2, 0) is 4.79 Å². The summed E-state index contributed by atoms with van der Waals surface area (Å²) in [7, 11) is 0. The normalized spacial score (nSPS) is 15.1. The average Bonchev–Trinajstić information content (AvgIpc) is 2.81. The van der Waals surface area contributed by atoms with Crippen molar-refractivity contribution < 1.29 is 14.8 Å². The molecule has 30 heavy (non-hydrogen) atoms. The van der Waals surface area contributed by atoms with E-state index in [0.29, 0.717) is 5.56 Å². The number of anilines is 1. The minimum absolute atomic E-state index is 0.0408. The third kappa shape index (κ3) is 5.89. The Balaban J connectivity index is 1.57. The Morgan fingerprint density at radius 3 is 2.00 bits per heavy atom. The maximum atomic E-state index is 12.5. The molecule has 3 rings (SSSR count). The number of amides is 1. The van der Waals surface area contributed by atoms with E-state index in [4.69, 9.17) is 5.21 Å². The Kier molecular flexibility index (Phi) is 7.54. The topological polar surface area (TPSA) is 72.9 Å². The van der Waals surface area contributed by atoms with E-state index in [9.17, 15) is 9.59 Å². The number of likely N-dealkylation sites (N-methyl/N-ethyl adjacent to an activating group) is 1. The summed E-state index contributed by atoms with van der Waals surface area (Å²) in [4.78, 5) is 28.3. The van der Waals surface area contributed by atoms with Gasteiger partial charge in [-0.3, -0.25) is 14.8 Å². The van der Waals surface area contributed by atoms with E-state index in [0.717, 1.165) is 49.5 Å². The summed E-state index contributed by atoms with van der Waals surface area (Å²) in [6.45, 7) is 7.45. The standard InChI is InChI=1S/C24H27N3O3/c1-2-26-15-17-27(18-16-26)22-11-9-21(10-12-22)23(28)13-7-19-3-5-20(6-4-19)8-14-24(29)25-30/h3-14,30H,2,15-18H2,1H3,(H,25,29)/b13-7+,14-8+. The van der Waals surface area contributed by atoms with Gasteiger partial charge in [0.1, 0.15) is 0 Å². The Morgan fingerprint density at radius 1 is 0.900 bits per heavy atom. The third-order valence-corrected chi connectivity index (χ3v) is 5.24. The molecule has 1 aliphatic heterocycles. The maximum absolute atomic E-state index is 12.5. The fourth-order valence-electron chi connectivity index (χ4n) is 3.35. The van der Waals surface area contributed by atoms with Crippen molar-refractivity contribution in [3.05, 3.63) is 77.4 Å². The van der Waals surface area contributed by atoms with E-state index in [1.54, 1.807) is 23.7 Å². The van der Waals surface area contributed by atoms with Gasteiger partial charge in [-0.2, -0.15) is 0 Å². The molecule has 6 heteroatoms. The largest absolute Gasteiger partial charge is 0.369 e. The highest BCUT2D eigenvalue weighted by Gasteiger charge is 2.15. The highest BCUT2D eigenvalue weighted by molar-refractivity contribution is 6.07. The number of rotatable bonds is 7. The predicted molar refractivity (Wildman–Crippen MR) is 120 cm³/mol. The Morgan fingerprint density at radius 2 is 1.47 bits per heavy atom. The summed E-state index contributed by atoms with van der Waals surface area (Å²) in [6, 6.07) is 15.2. The van der Waals surface area contributed by atoms with Crippen LogP contribution < -0.4 is 10.4 Å². The molecule has 6 nitrogen and oxygen atoms in total. The second-order valence-electron chi connectivity index (χ2n) is 7.14. The number of benzene rings is 2. The lowest BCUT2D eigenvalue weighted by molar-refractivity contribution is -0.124. The molecule has 0 atom stereocenters. The molecule has 0 unspecified atom stereocenters. The number of hydrogen-bond donors (Lipinski definition) is 2. The number of hydroxylamine groups is 1.